The molecular weight excluding hydrogens is 232 g/mol. The number of amides is 1. The number of hydrogen-bond donors (Lipinski definition) is 1. The Bertz CT molecular complexity index is 248. The van der Waals surface area contributed by atoms with Gasteiger partial charge < -0.3 is 10.2 Å². The van der Waals surface area contributed by atoms with Gasteiger partial charge in [0, 0.05) is 25.6 Å². The molecule has 3 nitrogen and oxygen atoms in total. The highest BCUT2D eigenvalue weighted by Gasteiger charge is 2.27. The van der Waals surface area contributed by atoms with Crippen molar-refractivity contribution in [1.82, 2.24) is 10.2 Å². The topological polar surface area (TPSA) is 32.3 Å². The van der Waals surface area contributed by atoms with Crippen LogP contribution in [0.15, 0.2) is 0 Å². The zero-order valence-electron chi connectivity index (χ0n) is 10.8. The standard InChI is InChI=1S/C13H24N2OS/c1-2-15(12-3-6-14-10-12)13(16)9-11-4-7-17-8-5-11/h11-12,14H,2-10H2,1H3. The highest BCUT2D eigenvalue weighted by Crippen LogP contribution is 2.26. The fourth-order valence-corrected chi connectivity index (χ4v) is 4.06. The summed E-state index contributed by atoms with van der Waals surface area (Å²) in [6, 6.07) is 0.450. The van der Waals surface area contributed by atoms with Crippen LogP contribution in [0, 0.1) is 5.92 Å². The molecule has 2 fully saturated rings. The maximum absolute atomic E-state index is 12.3. The van der Waals surface area contributed by atoms with E-state index in [-0.39, 0.29) is 0 Å². The van der Waals surface area contributed by atoms with Crippen LogP contribution in [0.4, 0.5) is 0 Å². The Morgan fingerprint density at radius 3 is 2.71 bits per heavy atom. The predicted octanol–water partition coefficient (Wildman–Crippen LogP) is 1.73. The van der Waals surface area contributed by atoms with Gasteiger partial charge in [0.05, 0.1) is 0 Å². The van der Waals surface area contributed by atoms with E-state index < -0.39 is 0 Å². The summed E-state index contributed by atoms with van der Waals surface area (Å²) >= 11 is 2.03. The molecule has 0 aromatic rings. The van der Waals surface area contributed by atoms with Gasteiger partial charge in [-0.2, -0.15) is 11.8 Å². The lowest BCUT2D eigenvalue weighted by Crippen LogP contribution is -2.42. The molecule has 0 aromatic carbocycles. The highest BCUT2D eigenvalue weighted by molar-refractivity contribution is 7.99. The van der Waals surface area contributed by atoms with E-state index in [2.05, 4.69) is 17.1 Å². The van der Waals surface area contributed by atoms with E-state index >= 15 is 0 Å². The number of rotatable bonds is 4. The quantitative estimate of drug-likeness (QED) is 0.831. The zero-order valence-corrected chi connectivity index (χ0v) is 11.6. The fraction of sp³-hybridized carbons (Fsp3) is 0.923. The van der Waals surface area contributed by atoms with Crippen molar-refractivity contribution in [2.75, 3.05) is 31.1 Å². The predicted molar refractivity (Wildman–Crippen MR) is 73.3 cm³/mol. The van der Waals surface area contributed by atoms with Gasteiger partial charge >= 0.3 is 0 Å². The van der Waals surface area contributed by atoms with Crippen molar-refractivity contribution < 1.29 is 4.79 Å². The average molecular weight is 256 g/mol. The van der Waals surface area contributed by atoms with E-state index in [1.807, 2.05) is 11.8 Å². The summed E-state index contributed by atoms with van der Waals surface area (Å²) in [5.41, 5.74) is 0. The molecule has 2 rings (SSSR count). The van der Waals surface area contributed by atoms with Gasteiger partial charge in [0.25, 0.3) is 0 Å². The molecule has 4 heteroatoms. The second-order valence-corrected chi connectivity index (χ2v) is 6.31. The number of carbonyl (C=O) groups is 1. The first kappa shape index (κ1) is 13.2. The van der Waals surface area contributed by atoms with Crippen LogP contribution in [0.3, 0.4) is 0 Å². The van der Waals surface area contributed by atoms with E-state index in [9.17, 15) is 4.79 Å². The molecule has 2 saturated heterocycles. The van der Waals surface area contributed by atoms with Gasteiger partial charge in [-0.1, -0.05) is 0 Å². The zero-order chi connectivity index (χ0) is 12.1. The van der Waals surface area contributed by atoms with Gasteiger partial charge in [-0.25, -0.2) is 0 Å². The molecule has 98 valence electrons. The van der Waals surface area contributed by atoms with Gasteiger partial charge in [0.2, 0.25) is 5.91 Å². The van der Waals surface area contributed by atoms with Gasteiger partial charge in [-0.15, -0.1) is 0 Å². The monoisotopic (exact) mass is 256 g/mol. The van der Waals surface area contributed by atoms with E-state index in [1.54, 1.807) is 0 Å². The molecule has 0 aliphatic carbocycles. The van der Waals surface area contributed by atoms with Gasteiger partial charge in [0.15, 0.2) is 0 Å². The normalized spacial score (nSPS) is 26.1. The van der Waals surface area contributed by atoms with Crippen molar-refractivity contribution in [3.63, 3.8) is 0 Å². The second kappa shape index (κ2) is 6.64. The Labute approximate surface area is 109 Å². The summed E-state index contributed by atoms with van der Waals surface area (Å²) in [6.07, 6.45) is 4.37. The largest absolute Gasteiger partial charge is 0.339 e. The van der Waals surface area contributed by atoms with Crippen molar-refractivity contribution in [3.05, 3.63) is 0 Å². The molecule has 0 bridgehead atoms. The number of carbonyl (C=O) groups excluding carboxylic acids is 1. The van der Waals surface area contributed by atoms with E-state index in [4.69, 9.17) is 0 Å². The molecule has 0 radical (unpaired) electrons. The van der Waals surface area contributed by atoms with E-state index in [1.165, 1.54) is 24.3 Å². The number of likely N-dealkylation sites (N-methyl/N-ethyl adjacent to an activating group) is 1. The van der Waals surface area contributed by atoms with Gasteiger partial charge in [-0.05, 0) is 50.2 Å². The van der Waals surface area contributed by atoms with Crippen LogP contribution in [-0.2, 0) is 4.79 Å². The summed E-state index contributed by atoms with van der Waals surface area (Å²) in [5.74, 6) is 3.52. The van der Waals surface area contributed by atoms with Gasteiger partial charge in [-0.3, -0.25) is 4.79 Å². The van der Waals surface area contributed by atoms with Crippen molar-refractivity contribution in [2.24, 2.45) is 5.92 Å². The molecule has 2 aliphatic rings. The lowest BCUT2D eigenvalue weighted by atomic mass is 9.97. The SMILES string of the molecule is CCN(C(=O)CC1CCSCC1)C1CCNC1. The second-order valence-electron chi connectivity index (χ2n) is 5.09. The lowest BCUT2D eigenvalue weighted by molar-refractivity contribution is -0.134. The minimum absolute atomic E-state index is 0.387. The van der Waals surface area contributed by atoms with Gasteiger partial charge in [0.1, 0.15) is 0 Å². The summed E-state index contributed by atoms with van der Waals surface area (Å²) < 4.78 is 0. The molecule has 2 heterocycles. The minimum Gasteiger partial charge on any atom is -0.339 e. The third-order valence-corrected chi connectivity index (χ3v) is 4.99. The molecule has 1 N–H and O–H groups in total. The molecule has 0 saturated carbocycles. The van der Waals surface area contributed by atoms with Crippen molar-refractivity contribution in [1.29, 1.82) is 0 Å². The van der Waals surface area contributed by atoms with Crippen LogP contribution < -0.4 is 5.32 Å². The van der Waals surface area contributed by atoms with Crippen molar-refractivity contribution in [2.45, 2.75) is 38.6 Å². The molecule has 1 atom stereocenters. The van der Waals surface area contributed by atoms with Crippen molar-refractivity contribution >= 4 is 17.7 Å². The van der Waals surface area contributed by atoms with Crippen LogP contribution in [0.5, 0.6) is 0 Å². The average Bonchev–Trinajstić information content (AvgIpc) is 2.85. The lowest BCUT2D eigenvalue weighted by Gasteiger charge is -2.30. The number of hydrogen-bond acceptors (Lipinski definition) is 3. The van der Waals surface area contributed by atoms with Crippen LogP contribution in [0.25, 0.3) is 0 Å². The van der Waals surface area contributed by atoms with Crippen LogP contribution in [0.2, 0.25) is 0 Å². The minimum atomic E-state index is 0.387. The summed E-state index contributed by atoms with van der Waals surface area (Å²) in [7, 11) is 0. The van der Waals surface area contributed by atoms with Crippen LogP contribution in [-0.4, -0.2) is 48.0 Å². The first-order valence-corrected chi connectivity index (χ1v) is 8.04. The smallest absolute Gasteiger partial charge is 0.223 e. The summed E-state index contributed by atoms with van der Waals surface area (Å²) in [6.45, 7) is 5.02. The molecule has 17 heavy (non-hydrogen) atoms. The molecule has 0 spiro atoms. The molecule has 2 aliphatic heterocycles. The summed E-state index contributed by atoms with van der Waals surface area (Å²) in [5, 5.41) is 3.35. The Morgan fingerprint density at radius 2 is 2.12 bits per heavy atom. The van der Waals surface area contributed by atoms with E-state index in [0.29, 0.717) is 17.9 Å². The Balaban J connectivity index is 1.83. The first-order chi connectivity index (χ1) is 8.31. The third-order valence-electron chi connectivity index (χ3n) is 3.94. The molecule has 1 amide bonds. The maximum atomic E-state index is 12.3. The summed E-state index contributed by atoms with van der Waals surface area (Å²) in [4.78, 5) is 14.4. The third kappa shape index (κ3) is 3.62. The number of nitrogens with one attached hydrogen (secondary N) is 1. The first-order valence-electron chi connectivity index (χ1n) is 6.89. The highest BCUT2D eigenvalue weighted by atomic mass is 32.2. The Morgan fingerprint density at radius 1 is 1.35 bits per heavy atom. The number of nitrogens with zero attached hydrogens (tertiary/aromatic N) is 1. The number of thioether (sulfide) groups is 1. The van der Waals surface area contributed by atoms with E-state index in [0.717, 1.165) is 32.5 Å². The Hall–Kier alpha value is -0.220. The maximum Gasteiger partial charge on any atom is 0.223 e. The van der Waals surface area contributed by atoms with Crippen LogP contribution in [0.1, 0.15) is 32.6 Å². The molecular formula is C13H24N2OS. The molecule has 1 unspecified atom stereocenters. The van der Waals surface area contributed by atoms with Crippen molar-refractivity contribution in [3.8, 4) is 0 Å². The molecule has 0 aromatic heterocycles. The van der Waals surface area contributed by atoms with Crippen LogP contribution >= 0.6 is 11.8 Å². The Kier molecular flexibility index (Phi) is 5.16. The fourth-order valence-electron chi connectivity index (χ4n) is 2.86.